The van der Waals surface area contributed by atoms with Crippen LogP contribution in [0.2, 0.25) is 0 Å². The Morgan fingerprint density at radius 2 is 2.55 bits per heavy atom. The second kappa shape index (κ2) is 3.04. The molecule has 1 aromatic heterocycles. The predicted molar refractivity (Wildman–Crippen MR) is 42.3 cm³/mol. The molecule has 0 aliphatic heterocycles. The maximum Gasteiger partial charge on any atom is 0.328 e. The number of halogens is 1. The molecule has 0 radical (unpaired) electrons. The number of aliphatic carboxylic acids is 1. The number of carbonyl (C=O) groups is 1. The number of carboxylic acid groups (broad SMARTS) is 1. The molecule has 5 heteroatoms. The molecule has 60 valence electrons. The summed E-state index contributed by atoms with van der Waals surface area (Å²) in [5.41, 5.74) is 0. The Morgan fingerprint density at radius 1 is 1.91 bits per heavy atom. The van der Waals surface area contributed by atoms with Crippen molar-refractivity contribution >= 4 is 21.9 Å². The first-order valence-electron chi connectivity index (χ1n) is 3.04. The van der Waals surface area contributed by atoms with E-state index >= 15 is 0 Å². The molecule has 0 bridgehead atoms. The Hall–Kier alpha value is -0.840. The van der Waals surface area contributed by atoms with Crippen molar-refractivity contribution in [3.63, 3.8) is 0 Å². The van der Waals surface area contributed by atoms with Crippen LogP contribution >= 0.6 is 15.9 Å². The molecule has 1 heterocycles. The van der Waals surface area contributed by atoms with E-state index in [0.29, 0.717) is 4.60 Å². The lowest BCUT2D eigenvalue weighted by atomic mass is 10.4. The zero-order valence-corrected chi connectivity index (χ0v) is 7.45. The van der Waals surface area contributed by atoms with Crippen molar-refractivity contribution in [3.8, 4) is 0 Å². The molecule has 1 rings (SSSR count). The highest BCUT2D eigenvalue weighted by atomic mass is 79.9. The van der Waals surface area contributed by atoms with E-state index in [1.807, 2.05) is 0 Å². The van der Waals surface area contributed by atoms with E-state index in [4.69, 9.17) is 5.11 Å². The summed E-state index contributed by atoms with van der Waals surface area (Å²) in [5.74, 6) is -0.894. The van der Waals surface area contributed by atoms with Gasteiger partial charge in [-0.15, -0.1) is 0 Å². The van der Waals surface area contributed by atoms with Crippen LogP contribution in [-0.4, -0.2) is 20.9 Å². The van der Waals surface area contributed by atoms with Crippen molar-refractivity contribution in [1.29, 1.82) is 0 Å². The van der Waals surface area contributed by atoms with Crippen LogP contribution in [0.25, 0.3) is 0 Å². The van der Waals surface area contributed by atoms with Crippen molar-refractivity contribution in [2.24, 2.45) is 0 Å². The second-order valence-corrected chi connectivity index (χ2v) is 2.93. The van der Waals surface area contributed by atoms with Crippen LogP contribution in [0.4, 0.5) is 0 Å². The zero-order valence-electron chi connectivity index (χ0n) is 5.86. The van der Waals surface area contributed by atoms with Gasteiger partial charge in [0, 0.05) is 0 Å². The summed E-state index contributed by atoms with van der Waals surface area (Å²) in [6.07, 6.45) is 1.55. The molecule has 1 atom stereocenters. The Balaban J connectivity index is 2.92. The summed E-state index contributed by atoms with van der Waals surface area (Å²) in [5, 5.41) is 12.4. The van der Waals surface area contributed by atoms with Crippen LogP contribution in [0.15, 0.2) is 16.9 Å². The molecule has 1 aromatic rings. The Bertz CT molecular complexity index is 271. The van der Waals surface area contributed by atoms with Gasteiger partial charge in [-0.2, -0.15) is 5.10 Å². The first kappa shape index (κ1) is 8.26. The van der Waals surface area contributed by atoms with E-state index in [-0.39, 0.29) is 0 Å². The van der Waals surface area contributed by atoms with Gasteiger partial charge in [0.25, 0.3) is 0 Å². The van der Waals surface area contributed by atoms with E-state index < -0.39 is 12.0 Å². The fraction of sp³-hybridized carbons (Fsp3) is 0.333. The molecule has 1 N–H and O–H groups in total. The van der Waals surface area contributed by atoms with E-state index in [9.17, 15) is 4.79 Å². The maximum absolute atomic E-state index is 10.5. The molecule has 0 aromatic carbocycles. The van der Waals surface area contributed by atoms with Crippen LogP contribution in [0.1, 0.15) is 13.0 Å². The minimum absolute atomic E-state index is 0.626. The smallest absolute Gasteiger partial charge is 0.328 e. The third kappa shape index (κ3) is 1.59. The van der Waals surface area contributed by atoms with Crippen molar-refractivity contribution < 1.29 is 9.90 Å². The summed E-state index contributed by atoms with van der Waals surface area (Å²) in [6, 6.07) is 1.07. The molecule has 0 unspecified atom stereocenters. The highest BCUT2D eigenvalue weighted by Crippen LogP contribution is 2.14. The Morgan fingerprint density at radius 3 is 2.91 bits per heavy atom. The molecule has 0 aliphatic rings. The third-order valence-electron chi connectivity index (χ3n) is 1.35. The van der Waals surface area contributed by atoms with Gasteiger partial charge in [0.15, 0.2) is 0 Å². The molecule has 0 spiro atoms. The molecule has 0 saturated carbocycles. The van der Waals surface area contributed by atoms with E-state index in [2.05, 4.69) is 21.0 Å². The van der Waals surface area contributed by atoms with Gasteiger partial charge in [0.1, 0.15) is 10.6 Å². The highest BCUT2D eigenvalue weighted by Gasteiger charge is 2.15. The zero-order chi connectivity index (χ0) is 8.43. The van der Waals surface area contributed by atoms with Gasteiger partial charge >= 0.3 is 5.97 Å². The number of hydrogen-bond acceptors (Lipinski definition) is 2. The summed E-state index contributed by atoms with van der Waals surface area (Å²) < 4.78 is 2.06. The van der Waals surface area contributed by atoms with Crippen molar-refractivity contribution in [2.75, 3.05) is 0 Å². The van der Waals surface area contributed by atoms with E-state index in [1.165, 1.54) is 4.68 Å². The Kier molecular flexibility index (Phi) is 2.28. The normalized spacial score (nSPS) is 12.9. The summed E-state index contributed by atoms with van der Waals surface area (Å²) in [7, 11) is 0. The van der Waals surface area contributed by atoms with Gasteiger partial charge in [-0.1, -0.05) is 0 Å². The average molecular weight is 219 g/mol. The molecule has 4 nitrogen and oxygen atoms in total. The molecule has 11 heavy (non-hydrogen) atoms. The van der Waals surface area contributed by atoms with Gasteiger partial charge in [-0.25, -0.2) is 9.48 Å². The quantitative estimate of drug-likeness (QED) is 0.815. The molecule has 0 aliphatic carbocycles. The van der Waals surface area contributed by atoms with Crippen LogP contribution in [0.5, 0.6) is 0 Å². The lowest BCUT2D eigenvalue weighted by Crippen LogP contribution is -2.16. The summed E-state index contributed by atoms with van der Waals surface area (Å²) in [4.78, 5) is 10.5. The number of carboxylic acids is 1. The van der Waals surface area contributed by atoms with Gasteiger partial charge < -0.3 is 5.11 Å². The van der Waals surface area contributed by atoms with E-state index in [1.54, 1.807) is 19.2 Å². The fourth-order valence-electron chi connectivity index (χ4n) is 0.688. The lowest BCUT2D eigenvalue weighted by Gasteiger charge is -2.06. The topological polar surface area (TPSA) is 55.1 Å². The standard InChI is InChI=1S/C6H7BrN2O2/c1-4(6(10)11)9-5(7)2-3-8-9/h2-4H,1H3,(H,10,11)/t4-/m1/s1. The first-order chi connectivity index (χ1) is 5.13. The predicted octanol–water partition coefficient (Wildman–Crippen LogP) is 1.29. The molecule has 0 fully saturated rings. The van der Waals surface area contributed by atoms with Crippen molar-refractivity contribution in [2.45, 2.75) is 13.0 Å². The van der Waals surface area contributed by atoms with Gasteiger partial charge in [0.05, 0.1) is 6.20 Å². The molecule has 0 saturated heterocycles. The SMILES string of the molecule is C[C@H](C(=O)O)n1nccc1Br. The molecular weight excluding hydrogens is 212 g/mol. The number of hydrogen-bond donors (Lipinski definition) is 1. The van der Waals surface area contributed by atoms with Crippen LogP contribution in [0, 0.1) is 0 Å². The van der Waals surface area contributed by atoms with E-state index in [0.717, 1.165) is 0 Å². The van der Waals surface area contributed by atoms with Crippen molar-refractivity contribution in [1.82, 2.24) is 9.78 Å². The number of aromatic nitrogens is 2. The minimum Gasteiger partial charge on any atom is -0.480 e. The average Bonchev–Trinajstić information content (AvgIpc) is 2.33. The second-order valence-electron chi connectivity index (χ2n) is 2.11. The minimum atomic E-state index is -0.894. The Labute approximate surface area is 72.0 Å². The van der Waals surface area contributed by atoms with Gasteiger partial charge in [-0.3, -0.25) is 0 Å². The van der Waals surface area contributed by atoms with Crippen LogP contribution < -0.4 is 0 Å². The van der Waals surface area contributed by atoms with Gasteiger partial charge in [0.2, 0.25) is 0 Å². The maximum atomic E-state index is 10.5. The van der Waals surface area contributed by atoms with Crippen LogP contribution in [-0.2, 0) is 4.79 Å². The lowest BCUT2D eigenvalue weighted by molar-refractivity contribution is -0.140. The largest absolute Gasteiger partial charge is 0.480 e. The monoisotopic (exact) mass is 218 g/mol. The van der Waals surface area contributed by atoms with Crippen LogP contribution in [0.3, 0.4) is 0 Å². The first-order valence-corrected chi connectivity index (χ1v) is 3.84. The van der Waals surface area contributed by atoms with Crippen molar-refractivity contribution in [3.05, 3.63) is 16.9 Å². The number of nitrogens with zero attached hydrogens (tertiary/aromatic N) is 2. The molecular formula is C6H7BrN2O2. The van der Waals surface area contributed by atoms with Gasteiger partial charge in [-0.05, 0) is 28.9 Å². The number of rotatable bonds is 2. The highest BCUT2D eigenvalue weighted by molar-refractivity contribution is 9.10. The summed E-state index contributed by atoms with van der Waals surface area (Å²) >= 11 is 3.17. The molecule has 0 amide bonds. The fourth-order valence-corrected chi connectivity index (χ4v) is 1.20. The summed E-state index contributed by atoms with van der Waals surface area (Å²) in [6.45, 7) is 1.57. The third-order valence-corrected chi connectivity index (χ3v) is 1.97.